The van der Waals surface area contributed by atoms with Crippen LogP contribution in [-0.4, -0.2) is 45.0 Å². The van der Waals surface area contributed by atoms with Gasteiger partial charge in [-0.2, -0.15) is 0 Å². The summed E-state index contributed by atoms with van der Waals surface area (Å²) in [6.07, 6.45) is 6.80. The zero-order valence-corrected chi connectivity index (χ0v) is 19.0. The summed E-state index contributed by atoms with van der Waals surface area (Å²) in [5, 5.41) is 1.45. The number of sulfonamides is 1. The predicted molar refractivity (Wildman–Crippen MR) is 122 cm³/mol. The van der Waals surface area contributed by atoms with E-state index in [4.69, 9.17) is 4.74 Å². The molecule has 1 amide bonds. The number of hydrogen-bond donors (Lipinski definition) is 1. The van der Waals surface area contributed by atoms with Crippen LogP contribution in [0.25, 0.3) is 10.8 Å². The Morgan fingerprint density at radius 2 is 1.68 bits per heavy atom. The van der Waals surface area contributed by atoms with E-state index in [0.29, 0.717) is 43.7 Å². The van der Waals surface area contributed by atoms with E-state index in [1.807, 2.05) is 36.1 Å². The monoisotopic (exact) mass is 444 g/mol. The fourth-order valence-corrected chi connectivity index (χ4v) is 6.38. The highest BCUT2D eigenvalue weighted by molar-refractivity contribution is 7.89. The van der Waals surface area contributed by atoms with Gasteiger partial charge in [-0.15, -0.1) is 0 Å². The summed E-state index contributed by atoms with van der Waals surface area (Å²) >= 11 is 0. The zero-order valence-electron chi connectivity index (χ0n) is 18.2. The molecule has 2 fully saturated rings. The van der Waals surface area contributed by atoms with Crippen molar-refractivity contribution >= 4 is 26.7 Å². The van der Waals surface area contributed by atoms with Crippen LogP contribution in [0.5, 0.6) is 5.75 Å². The number of ether oxygens (including phenoxy) is 1. The first-order valence-corrected chi connectivity index (χ1v) is 12.9. The molecule has 0 radical (unpaired) electrons. The number of likely N-dealkylation sites (tertiary alicyclic amines) is 1. The van der Waals surface area contributed by atoms with E-state index in [1.165, 1.54) is 6.42 Å². The van der Waals surface area contributed by atoms with Gasteiger partial charge in [-0.1, -0.05) is 43.5 Å². The minimum absolute atomic E-state index is 0.161. The molecule has 1 saturated heterocycles. The smallest absolute Gasteiger partial charge is 0.241 e. The lowest BCUT2D eigenvalue weighted by Gasteiger charge is -2.35. The number of carbonyl (C=O) groups excluding carboxylic acids is 1. The quantitative estimate of drug-likeness (QED) is 0.728. The molecule has 0 aromatic heterocycles. The van der Waals surface area contributed by atoms with E-state index < -0.39 is 10.0 Å². The Morgan fingerprint density at radius 3 is 2.35 bits per heavy atom. The minimum atomic E-state index is -3.69. The maximum Gasteiger partial charge on any atom is 0.241 e. The van der Waals surface area contributed by atoms with Gasteiger partial charge in [0.05, 0.1) is 11.5 Å². The van der Waals surface area contributed by atoms with E-state index in [1.54, 1.807) is 12.1 Å². The molecule has 1 aliphatic heterocycles. The molecule has 4 rings (SSSR count). The number of rotatable bonds is 6. The third kappa shape index (κ3) is 4.88. The molecule has 2 aromatic rings. The molecule has 7 heteroatoms. The van der Waals surface area contributed by atoms with Gasteiger partial charge in [-0.05, 0) is 44.7 Å². The lowest BCUT2D eigenvalue weighted by molar-refractivity contribution is -0.137. The Hall–Kier alpha value is -2.12. The maximum atomic E-state index is 13.2. The molecule has 0 spiro atoms. The number of fused-ring (bicyclic) bond motifs is 1. The van der Waals surface area contributed by atoms with Gasteiger partial charge in [-0.3, -0.25) is 4.79 Å². The summed E-state index contributed by atoms with van der Waals surface area (Å²) in [6.45, 7) is 3.66. The molecule has 1 heterocycles. The van der Waals surface area contributed by atoms with Gasteiger partial charge in [0.1, 0.15) is 5.75 Å². The SMILES string of the molecule is CCOc1ccc(S(=O)(=O)NC2CCN(C(=O)C3CCCCC3)CC2)c2ccccc12. The number of benzene rings is 2. The highest BCUT2D eigenvalue weighted by Crippen LogP contribution is 2.32. The van der Waals surface area contributed by atoms with Crippen molar-refractivity contribution in [1.82, 2.24) is 9.62 Å². The Balaban J connectivity index is 1.44. The van der Waals surface area contributed by atoms with Crippen molar-refractivity contribution in [1.29, 1.82) is 0 Å². The normalized spacial score (nSPS) is 18.9. The molecule has 0 bridgehead atoms. The number of nitrogens with zero attached hydrogens (tertiary/aromatic N) is 1. The molecule has 1 aliphatic carbocycles. The van der Waals surface area contributed by atoms with E-state index in [-0.39, 0.29) is 22.8 Å². The van der Waals surface area contributed by atoms with E-state index in [2.05, 4.69) is 4.72 Å². The third-order valence-corrected chi connectivity index (χ3v) is 8.09. The number of nitrogens with one attached hydrogen (secondary N) is 1. The van der Waals surface area contributed by atoms with Gasteiger partial charge in [0.15, 0.2) is 0 Å². The molecular weight excluding hydrogens is 412 g/mol. The molecular formula is C24H32N2O4S. The van der Waals surface area contributed by atoms with Crippen LogP contribution >= 0.6 is 0 Å². The van der Waals surface area contributed by atoms with Crippen LogP contribution in [0.2, 0.25) is 0 Å². The first-order valence-electron chi connectivity index (χ1n) is 11.5. The summed E-state index contributed by atoms with van der Waals surface area (Å²) in [5.41, 5.74) is 0. The van der Waals surface area contributed by atoms with Crippen molar-refractivity contribution in [3.8, 4) is 5.75 Å². The molecule has 31 heavy (non-hydrogen) atoms. The third-order valence-electron chi connectivity index (χ3n) is 6.52. The standard InChI is InChI=1S/C24H32N2O4S/c1-2-30-22-12-13-23(21-11-7-6-10-20(21)22)31(28,29)25-19-14-16-26(17-15-19)24(27)18-8-4-3-5-9-18/h6-7,10-13,18-19,25H,2-5,8-9,14-17H2,1H3. The van der Waals surface area contributed by atoms with Gasteiger partial charge >= 0.3 is 0 Å². The number of hydrogen-bond acceptors (Lipinski definition) is 4. The molecule has 2 aromatic carbocycles. The molecule has 1 N–H and O–H groups in total. The second-order valence-electron chi connectivity index (χ2n) is 8.60. The van der Waals surface area contributed by atoms with Gasteiger partial charge in [0.25, 0.3) is 0 Å². The van der Waals surface area contributed by atoms with Crippen LogP contribution in [0.1, 0.15) is 51.9 Å². The van der Waals surface area contributed by atoms with E-state index >= 15 is 0 Å². The second-order valence-corrected chi connectivity index (χ2v) is 10.3. The Labute approximate surface area is 185 Å². The van der Waals surface area contributed by atoms with Gasteiger partial charge in [0.2, 0.25) is 15.9 Å². The van der Waals surface area contributed by atoms with E-state index in [0.717, 1.165) is 31.1 Å². The van der Waals surface area contributed by atoms with E-state index in [9.17, 15) is 13.2 Å². The summed E-state index contributed by atoms with van der Waals surface area (Å²) in [4.78, 5) is 15.0. The Kier molecular flexibility index (Phi) is 6.82. The summed E-state index contributed by atoms with van der Waals surface area (Å²) in [6, 6.07) is 10.6. The first-order chi connectivity index (χ1) is 15.0. The van der Waals surface area contributed by atoms with Crippen molar-refractivity contribution in [3.05, 3.63) is 36.4 Å². The number of piperidine rings is 1. The van der Waals surface area contributed by atoms with Gasteiger partial charge in [0, 0.05) is 35.8 Å². The topological polar surface area (TPSA) is 75.7 Å². The van der Waals surface area contributed by atoms with Gasteiger partial charge < -0.3 is 9.64 Å². The molecule has 168 valence electrons. The first kappa shape index (κ1) is 22.1. The van der Waals surface area contributed by atoms with Crippen molar-refractivity contribution in [2.24, 2.45) is 5.92 Å². The van der Waals surface area contributed by atoms with Crippen LogP contribution < -0.4 is 9.46 Å². The predicted octanol–water partition coefficient (Wildman–Crippen LogP) is 4.09. The Morgan fingerprint density at radius 1 is 1.00 bits per heavy atom. The highest BCUT2D eigenvalue weighted by Gasteiger charge is 2.31. The fourth-order valence-electron chi connectivity index (χ4n) is 4.87. The maximum absolute atomic E-state index is 13.2. The Bertz CT molecular complexity index is 1020. The van der Waals surface area contributed by atoms with Crippen LogP contribution in [0.3, 0.4) is 0 Å². The fraction of sp³-hybridized carbons (Fsp3) is 0.542. The summed E-state index contributed by atoms with van der Waals surface area (Å²) in [7, 11) is -3.69. The molecule has 6 nitrogen and oxygen atoms in total. The molecule has 2 aliphatic rings. The second kappa shape index (κ2) is 9.57. The van der Waals surface area contributed by atoms with Crippen molar-refractivity contribution in [2.75, 3.05) is 19.7 Å². The molecule has 1 saturated carbocycles. The van der Waals surface area contributed by atoms with Crippen molar-refractivity contribution in [2.45, 2.75) is 62.8 Å². The molecule has 0 unspecified atom stereocenters. The lowest BCUT2D eigenvalue weighted by Crippen LogP contribution is -2.48. The lowest BCUT2D eigenvalue weighted by atomic mass is 9.87. The summed E-state index contributed by atoms with van der Waals surface area (Å²) in [5.74, 6) is 1.11. The molecule has 0 atom stereocenters. The average molecular weight is 445 g/mol. The largest absolute Gasteiger partial charge is 0.493 e. The van der Waals surface area contributed by atoms with Crippen LogP contribution in [0, 0.1) is 5.92 Å². The minimum Gasteiger partial charge on any atom is -0.493 e. The van der Waals surface area contributed by atoms with Crippen LogP contribution in [0.4, 0.5) is 0 Å². The summed E-state index contributed by atoms with van der Waals surface area (Å²) < 4.78 is 35.0. The highest BCUT2D eigenvalue weighted by atomic mass is 32.2. The van der Waals surface area contributed by atoms with Crippen LogP contribution in [-0.2, 0) is 14.8 Å². The van der Waals surface area contributed by atoms with Crippen LogP contribution in [0.15, 0.2) is 41.3 Å². The van der Waals surface area contributed by atoms with Gasteiger partial charge in [-0.25, -0.2) is 13.1 Å². The average Bonchev–Trinajstić information content (AvgIpc) is 2.80. The van der Waals surface area contributed by atoms with Crippen molar-refractivity contribution in [3.63, 3.8) is 0 Å². The number of carbonyl (C=O) groups is 1. The zero-order chi connectivity index (χ0) is 21.8. The number of amides is 1. The van der Waals surface area contributed by atoms with Crippen molar-refractivity contribution < 1.29 is 17.9 Å².